The molecule has 0 saturated carbocycles. The monoisotopic (exact) mass is 406 g/mol. The number of nitrogens with one attached hydrogen (secondary N) is 1. The molecule has 0 aliphatic carbocycles. The third kappa shape index (κ3) is 5.81. The molecule has 1 atom stereocenters. The molecule has 0 aliphatic rings. The minimum Gasteiger partial charge on any atom is -0.480 e. The van der Waals surface area contributed by atoms with E-state index in [2.05, 4.69) is 5.32 Å². The van der Waals surface area contributed by atoms with Gasteiger partial charge in [-0.15, -0.1) is 0 Å². The van der Waals surface area contributed by atoms with Gasteiger partial charge in [0.05, 0.1) is 6.61 Å². The Kier molecular flexibility index (Phi) is 7.40. The summed E-state index contributed by atoms with van der Waals surface area (Å²) in [4.78, 5) is 25.9. The number of nitrogens with zero attached hydrogens (tertiary/aromatic N) is 1. The van der Waals surface area contributed by atoms with Crippen LogP contribution in [0.15, 0.2) is 72.8 Å². The third-order valence-electron chi connectivity index (χ3n) is 5.02. The van der Waals surface area contributed by atoms with Gasteiger partial charge in [-0.05, 0) is 28.3 Å². The van der Waals surface area contributed by atoms with Gasteiger partial charge in [0.15, 0.2) is 0 Å². The van der Waals surface area contributed by atoms with Crippen LogP contribution in [0.1, 0.15) is 11.1 Å². The number of aliphatic hydroxyl groups is 1. The summed E-state index contributed by atoms with van der Waals surface area (Å²) in [5, 5.41) is 23.7. The first-order valence-electron chi connectivity index (χ1n) is 9.97. The summed E-state index contributed by atoms with van der Waals surface area (Å²) in [6, 6.07) is 21.8. The Hall–Kier alpha value is -3.38. The van der Waals surface area contributed by atoms with Gasteiger partial charge < -0.3 is 20.4 Å². The molecule has 0 heterocycles. The minimum absolute atomic E-state index is 0.140. The van der Waals surface area contributed by atoms with Crippen molar-refractivity contribution in [2.75, 3.05) is 19.7 Å². The molecule has 3 N–H and O–H groups in total. The van der Waals surface area contributed by atoms with Gasteiger partial charge in [0.2, 0.25) is 0 Å². The number of urea groups is 1. The van der Waals surface area contributed by atoms with Gasteiger partial charge in [0.1, 0.15) is 6.04 Å². The van der Waals surface area contributed by atoms with Crippen LogP contribution in [0.4, 0.5) is 4.79 Å². The standard InChI is InChI=1S/C24H26N2O4/c27-15-14-26(13-12-18-6-2-1-3-7-18)24(30)25-22(23(28)29)17-19-10-11-20-8-4-5-9-21(20)16-19/h1-11,16,22,27H,12-15,17H2,(H,25,30)(H,28,29). The van der Waals surface area contributed by atoms with E-state index in [0.717, 1.165) is 21.9 Å². The number of aliphatic hydroxyl groups excluding tert-OH is 1. The highest BCUT2D eigenvalue weighted by Gasteiger charge is 2.23. The molecule has 0 spiro atoms. The first-order chi connectivity index (χ1) is 14.6. The topological polar surface area (TPSA) is 89.9 Å². The quantitative estimate of drug-likeness (QED) is 0.509. The number of rotatable bonds is 9. The normalized spacial score (nSPS) is 11.8. The average Bonchev–Trinajstić information content (AvgIpc) is 2.76. The van der Waals surface area contributed by atoms with Gasteiger partial charge in [-0.25, -0.2) is 9.59 Å². The Labute approximate surface area is 175 Å². The van der Waals surface area contributed by atoms with E-state index >= 15 is 0 Å². The van der Waals surface area contributed by atoms with E-state index < -0.39 is 18.0 Å². The maximum absolute atomic E-state index is 12.7. The molecule has 156 valence electrons. The molecule has 0 aliphatic heterocycles. The van der Waals surface area contributed by atoms with Crippen LogP contribution in [-0.4, -0.2) is 52.9 Å². The van der Waals surface area contributed by atoms with Gasteiger partial charge in [0.25, 0.3) is 0 Å². The van der Waals surface area contributed by atoms with Gasteiger partial charge in [-0.3, -0.25) is 0 Å². The highest BCUT2D eigenvalue weighted by atomic mass is 16.4. The Morgan fingerprint density at radius 2 is 1.57 bits per heavy atom. The number of carboxylic acids is 1. The molecular formula is C24H26N2O4. The fourth-order valence-corrected chi connectivity index (χ4v) is 3.39. The number of hydrogen-bond donors (Lipinski definition) is 3. The molecule has 0 aromatic heterocycles. The van der Waals surface area contributed by atoms with Crippen LogP contribution in [0, 0.1) is 0 Å². The number of benzene rings is 3. The van der Waals surface area contributed by atoms with Crippen LogP contribution >= 0.6 is 0 Å². The molecule has 0 fully saturated rings. The maximum Gasteiger partial charge on any atom is 0.326 e. The number of fused-ring (bicyclic) bond motifs is 1. The predicted octanol–water partition coefficient (Wildman–Crippen LogP) is 3.08. The molecule has 3 aromatic carbocycles. The number of carbonyl (C=O) groups is 2. The van der Waals surface area contributed by atoms with E-state index in [-0.39, 0.29) is 19.6 Å². The lowest BCUT2D eigenvalue weighted by molar-refractivity contribution is -0.139. The summed E-state index contributed by atoms with van der Waals surface area (Å²) in [7, 11) is 0. The summed E-state index contributed by atoms with van der Waals surface area (Å²) in [5.41, 5.74) is 1.90. The smallest absolute Gasteiger partial charge is 0.326 e. The lowest BCUT2D eigenvalue weighted by Gasteiger charge is -2.25. The van der Waals surface area contributed by atoms with Gasteiger partial charge in [-0.1, -0.05) is 72.8 Å². The molecule has 0 radical (unpaired) electrons. The van der Waals surface area contributed by atoms with Crippen molar-refractivity contribution in [2.24, 2.45) is 0 Å². The molecular weight excluding hydrogens is 380 g/mol. The third-order valence-corrected chi connectivity index (χ3v) is 5.02. The van der Waals surface area contributed by atoms with E-state index in [4.69, 9.17) is 0 Å². The van der Waals surface area contributed by atoms with Crippen molar-refractivity contribution in [3.63, 3.8) is 0 Å². The fourth-order valence-electron chi connectivity index (χ4n) is 3.39. The molecule has 3 rings (SSSR count). The molecule has 6 nitrogen and oxygen atoms in total. The second-order valence-electron chi connectivity index (χ2n) is 7.17. The van der Waals surface area contributed by atoms with Crippen molar-refractivity contribution in [2.45, 2.75) is 18.9 Å². The SMILES string of the molecule is O=C(O)C(Cc1ccc2ccccc2c1)NC(=O)N(CCO)CCc1ccccc1. The van der Waals surface area contributed by atoms with Crippen LogP contribution in [0.3, 0.4) is 0 Å². The second kappa shape index (κ2) is 10.4. The summed E-state index contributed by atoms with van der Waals surface area (Å²) in [6.45, 7) is 0.338. The first kappa shape index (κ1) is 21.3. The Morgan fingerprint density at radius 3 is 2.27 bits per heavy atom. The number of hydrogen-bond acceptors (Lipinski definition) is 3. The van der Waals surface area contributed by atoms with E-state index in [0.29, 0.717) is 13.0 Å². The van der Waals surface area contributed by atoms with E-state index in [1.54, 1.807) is 0 Å². The zero-order chi connectivity index (χ0) is 21.3. The van der Waals surface area contributed by atoms with E-state index in [1.807, 2.05) is 72.8 Å². The maximum atomic E-state index is 12.7. The largest absolute Gasteiger partial charge is 0.480 e. The highest BCUT2D eigenvalue weighted by Crippen LogP contribution is 2.17. The molecule has 0 saturated heterocycles. The van der Waals surface area contributed by atoms with Crippen molar-refractivity contribution in [1.29, 1.82) is 0 Å². The Bertz CT molecular complexity index is 991. The summed E-state index contributed by atoms with van der Waals surface area (Å²) >= 11 is 0. The zero-order valence-corrected chi connectivity index (χ0v) is 16.7. The van der Waals surface area contributed by atoms with Crippen LogP contribution in [0.5, 0.6) is 0 Å². The lowest BCUT2D eigenvalue weighted by atomic mass is 10.0. The van der Waals surface area contributed by atoms with Crippen LogP contribution < -0.4 is 5.32 Å². The van der Waals surface area contributed by atoms with E-state index in [1.165, 1.54) is 4.90 Å². The first-order valence-corrected chi connectivity index (χ1v) is 9.97. The number of carboxylic acid groups (broad SMARTS) is 1. The van der Waals surface area contributed by atoms with Gasteiger partial charge in [-0.2, -0.15) is 0 Å². The Morgan fingerprint density at radius 1 is 0.867 bits per heavy atom. The zero-order valence-electron chi connectivity index (χ0n) is 16.7. The van der Waals surface area contributed by atoms with E-state index in [9.17, 15) is 19.8 Å². The summed E-state index contributed by atoms with van der Waals surface area (Å²) in [6.07, 6.45) is 0.800. The molecule has 0 bridgehead atoms. The summed E-state index contributed by atoms with van der Waals surface area (Å²) in [5.74, 6) is -1.09. The Balaban J connectivity index is 1.66. The number of aliphatic carboxylic acids is 1. The molecule has 30 heavy (non-hydrogen) atoms. The van der Waals surface area contributed by atoms with Gasteiger partial charge >= 0.3 is 12.0 Å². The fraction of sp³-hybridized carbons (Fsp3) is 0.250. The highest BCUT2D eigenvalue weighted by molar-refractivity contribution is 5.85. The van der Waals surface area contributed by atoms with Crippen molar-refractivity contribution in [3.8, 4) is 0 Å². The van der Waals surface area contributed by atoms with Crippen molar-refractivity contribution >= 4 is 22.8 Å². The lowest BCUT2D eigenvalue weighted by Crippen LogP contribution is -2.50. The minimum atomic E-state index is -1.09. The molecule has 2 amide bonds. The van der Waals surface area contributed by atoms with Crippen LogP contribution in [-0.2, 0) is 17.6 Å². The van der Waals surface area contributed by atoms with Crippen molar-refractivity contribution < 1.29 is 19.8 Å². The van der Waals surface area contributed by atoms with Gasteiger partial charge in [0, 0.05) is 19.5 Å². The van der Waals surface area contributed by atoms with Crippen LogP contribution in [0.2, 0.25) is 0 Å². The molecule has 1 unspecified atom stereocenters. The van der Waals surface area contributed by atoms with Crippen LogP contribution in [0.25, 0.3) is 10.8 Å². The second-order valence-corrected chi connectivity index (χ2v) is 7.17. The predicted molar refractivity (Wildman–Crippen MR) is 116 cm³/mol. The number of amides is 2. The summed E-state index contributed by atoms with van der Waals surface area (Å²) < 4.78 is 0. The number of carbonyl (C=O) groups excluding carboxylic acids is 1. The molecule has 3 aromatic rings. The molecule has 6 heteroatoms. The van der Waals surface area contributed by atoms with Crippen molar-refractivity contribution in [1.82, 2.24) is 10.2 Å². The van der Waals surface area contributed by atoms with Crippen molar-refractivity contribution in [3.05, 3.63) is 83.9 Å². The average molecular weight is 406 g/mol.